The first-order valence-electron chi connectivity index (χ1n) is 4.99. The summed E-state index contributed by atoms with van der Waals surface area (Å²) < 4.78 is 42.4. The Morgan fingerprint density at radius 3 is 2.58 bits per heavy atom. The van der Waals surface area contributed by atoms with E-state index in [4.69, 9.17) is 22.1 Å². The lowest BCUT2D eigenvalue weighted by Crippen LogP contribution is -2.08. The lowest BCUT2D eigenvalue weighted by molar-refractivity contribution is -0.141. The lowest BCUT2D eigenvalue weighted by Gasteiger charge is -2.08. The van der Waals surface area contributed by atoms with Gasteiger partial charge in [0.25, 0.3) is 0 Å². The smallest absolute Gasteiger partial charge is 0.424 e. The van der Waals surface area contributed by atoms with Crippen LogP contribution in [0.15, 0.2) is 30.5 Å². The Kier molecular flexibility index (Phi) is 3.48. The van der Waals surface area contributed by atoms with Crippen molar-refractivity contribution in [3.8, 4) is 11.8 Å². The van der Waals surface area contributed by atoms with Gasteiger partial charge < -0.3 is 10.5 Å². The fraction of sp³-hybridized carbons (Fsp3) is 0.0909. The van der Waals surface area contributed by atoms with Gasteiger partial charge in [-0.05, 0) is 18.2 Å². The Morgan fingerprint density at radius 2 is 1.95 bits per heavy atom. The second-order valence-corrected chi connectivity index (χ2v) is 3.91. The molecule has 1 aromatic heterocycles. The van der Waals surface area contributed by atoms with Crippen LogP contribution in [0.2, 0.25) is 5.02 Å². The Balaban J connectivity index is 2.26. The van der Waals surface area contributed by atoms with Crippen molar-refractivity contribution in [1.82, 2.24) is 9.97 Å². The van der Waals surface area contributed by atoms with Gasteiger partial charge >= 0.3 is 12.2 Å². The largest absolute Gasteiger partial charge is 0.433 e. The van der Waals surface area contributed by atoms with E-state index < -0.39 is 17.9 Å². The molecule has 4 nitrogen and oxygen atoms in total. The molecule has 100 valence electrons. The first kappa shape index (κ1) is 13.4. The van der Waals surface area contributed by atoms with Gasteiger partial charge in [-0.25, -0.2) is 4.98 Å². The average molecular weight is 290 g/mol. The molecule has 0 aliphatic heterocycles. The highest BCUT2D eigenvalue weighted by Gasteiger charge is 2.33. The van der Waals surface area contributed by atoms with E-state index in [1.54, 1.807) is 0 Å². The molecule has 0 saturated carbocycles. The van der Waals surface area contributed by atoms with Crippen molar-refractivity contribution in [3.05, 3.63) is 41.2 Å². The first-order chi connectivity index (χ1) is 8.86. The van der Waals surface area contributed by atoms with Crippen LogP contribution in [0.3, 0.4) is 0 Å². The highest BCUT2D eigenvalue weighted by Crippen LogP contribution is 2.30. The van der Waals surface area contributed by atoms with Gasteiger partial charge in [0.05, 0.1) is 10.7 Å². The molecule has 0 radical (unpaired) electrons. The van der Waals surface area contributed by atoms with Gasteiger partial charge in [0, 0.05) is 12.3 Å². The summed E-state index contributed by atoms with van der Waals surface area (Å²) in [5.74, 6) is 0.193. The summed E-state index contributed by atoms with van der Waals surface area (Å²) in [5.41, 5.74) is 4.74. The van der Waals surface area contributed by atoms with Gasteiger partial charge in [-0.15, -0.1) is 0 Å². The number of nitrogens with two attached hydrogens (primary N) is 1. The molecule has 1 aromatic carbocycles. The van der Waals surface area contributed by atoms with Crippen LogP contribution in [0.5, 0.6) is 11.8 Å². The third kappa shape index (κ3) is 3.25. The molecule has 0 bridgehead atoms. The van der Waals surface area contributed by atoms with Crippen LogP contribution in [0, 0.1) is 0 Å². The molecule has 0 saturated heterocycles. The summed E-state index contributed by atoms with van der Waals surface area (Å²) in [6, 6.07) is 4.61. The van der Waals surface area contributed by atoms with Crippen LogP contribution >= 0.6 is 11.6 Å². The maximum absolute atomic E-state index is 12.4. The number of hydrogen-bond acceptors (Lipinski definition) is 4. The Morgan fingerprint density at radius 1 is 1.21 bits per heavy atom. The van der Waals surface area contributed by atoms with Gasteiger partial charge in [-0.1, -0.05) is 11.6 Å². The minimum absolute atomic E-state index is 0.193. The number of halogens is 4. The summed E-state index contributed by atoms with van der Waals surface area (Å²) in [6.45, 7) is 0. The van der Waals surface area contributed by atoms with E-state index in [1.807, 2.05) is 0 Å². The van der Waals surface area contributed by atoms with E-state index in [0.29, 0.717) is 5.69 Å². The second kappa shape index (κ2) is 4.93. The molecule has 0 aliphatic rings. The van der Waals surface area contributed by atoms with E-state index in [9.17, 15) is 13.2 Å². The molecule has 0 unspecified atom stereocenters. The normalized spacial score (nSPS) is 11.4. The molecule has 0 spiro atoms. The fourth-order valence-electron chi connectivity index (χ4n) is 1.22. The fourth-order valence-corrected chi connectivity index (χ4v) is 1.40. The molecular formula is C11H7ClF3N3O. The van der Waals surface area contributed by atoms with E-state index in [1.165, 1.54) is 18.2 Å². The van der Waals surface area contributed by atoms with Crippen LogP contribution < -0.4 is 10.5 Å². The van der Waals surface area contributed by atoms with Crippen LogP contribution in [0.1, 0.15) is 5.69 Å². The average Bonchev–Trinajstić information content (AvgIpc) is 2.33. The first-order valence-corrected chi connectivity index (χ1v) is 5.37. The monoisotopic (exact) mass is 289 g/mol. The minimum Gasteiger partial charge on any atom is -0.424 e. The summed E-state index contributed by atoms with van der Waals surface area (Å²) in [5, 5.41) is 0.226. The number of aromatic nitrogens is 2. The number of anilines is 1. The predicted octanol–water partition coefficient (Wildman–Crippen LogP) is 3.52. The molecule has 19 heavy (non-hydrogen) atoms. The quantitative estimate of drug-likeness (QED) is 0.859. The highest BCUT2D eigenvalue weighted by atomic mass is 35.5. The van der Waals surface area contributed by atoms with Crippen molar-refractivity contribution < 1.29 is 17.9 Å². The Bertz CT molecular complexity index is 604. The standard InChI is InChI=1S/C11H7ClF3N3O/c12-7-5-6(1-2-8(7)16)19-10-17-4-3-9(18-10)11(13,14)15/h1-5H,16H2. The summed E-state index contributed by atoms with van der Waals surface area (Å²) in [6.07, 6.45) is -3.59. The maximum atomic E-state index is 12.4. The van der Waals surface area contributed by atoms with Crippen LogP contribution in [-0.4, -0.2) is 9.97 Å². The van der Waals surface area contributed by atoms with E-state index >= 15 is 0 Å². The molecule has 8 heteroatoms. The lowest BCUT2D eigenvalue weighted by atomic mass is 10.3. The number of rotatable bonds is 2. The van der Waals surface area contributed by atoms with Gasteiger partial charge in [-0.3, -0.25) is 0 Å². The number of benzene rings is 1. The van der Waals surface area contributed by atoms with Gasteiger partial charge in [0.2, 0.25) is 0 Å². The maximum Gasteiger partial charge on any atom is 0.433 e. The molecule has 2 rings (SSSR count). The van der Waals surface area contributed by atoms with Crippen LogP contribution in [0.25, 0.3) is 0 Å². The van der Waals surface area contributed by atoms with Gasteiger partial charge in [0.15, 0.2) is 5.69 Å². The van der Waals surface area contributed by atoms with E-state index in [0.717, 1.165) is 12.3 Å². The molecule has 0 amide bonds. The van der Waals surface area contributed by atoms with Crippen molar-refractivity contribution in [3.63, 3.8) is 0 Å². The highest BCUT2D eigenvalue weighted by molar-refractivity contribution is 6.33. The van der Waals surface area contributed by atoms with Crippen LogP contribution in [0.4, 0.5) is 18.9 Å². The van der Waals surface area contributed by atoms with Gasteiger partial charge in [0.1, 0.15) is 5.75 Å². The molecule has 0 fully saturated rings. The Labute approximate surface area is 111 Å². The molecule has 0 atom stereocenters. The minimum atomic E-state index is -4.56. The summed E-state index contributed by atoms with van der Waals surface area (Å²) in [7, 11) is 0. The van der Waals surface area contributed by atoms with Crippen molar-refractivity contribution in [2.75, 3.05) is 5.73 Å². The number of alkyl halides is 3. The zero-order valence-corrected chi connectivity index (χ0v) is 10.0. The zero-order chi connectivity index (χ0) is 14.0. The Hall–Kier alpha value is -2.02. The number of hydrogen-bond donors (Lipinski definition) is 1. The second-order valence-electron chi connectivity index (χ2n) is 3.51. The van der Waals surface area contributed by atoms with Crippen molar-refractivity contribution in [2.24, 2.45) is 0 Å². The molecular weight excluding hydrogens is 283 g/mol. The van der Waals surface area contributed by atoms with Gasteiger partial charge in [-0.2, -0.15) is 18.2 Å². The third-order valence-electron chi connectivity index (χ3n) is 2.10. The predicted molar refractivity (Wildman–Crippen MR) is 63.0 cm³/mol. The van der Waals surface area contributed by atoms with Crippen molar-refractivity contribution in [2.45, 2.75) is 6.18 Å². The van der Waals surface area contributed by atoms with E-state index in [2.05, 4.69) is 9.97 Å². The molecule has 2 aromatic rings. The third-order valence-corrected chi connectivity index (χ3v) is 2.43. The van der Waals surface area contributed by atoms with Crippen molar-refractivity contribution >= 4 is 17.3 Å². The number of ether oxygens (including phenoxy) is 1. The molecule has 1 heterocycles. The summed E-state index contributed by atoms with van der Waals surface area (Å²) >= 11 is 5.76. The SMILES string of the molecule is Nc1ccc(Oc2nccc(C(F)(F)F)n2)cc1Cl. The van der Waals surface area contributed by atoms with Crippen LogP contribution in [-0.2, 0) is 6.18 Å². The van der Waals surface area contributed by atoms with Crippen molar-refractivity contribution in [1.29, 1.82) is 0 Å². The molecule has 0 aliphatic carbocycles. The summed E-state index contributed by atoms with van der Waals surface area (Å²) in [4.78, 5) is 6.85. The topological polar surface area (TPSA) is 61.0 Å². The number of nitrogen functional groups attached to an aromatic ring is 1. The number of nitrogens with zero attached hydrogens (tertiary/aromatic N) is 2. The molecule has 2 N–H and O–H groups in total. The zero-order valence-electron chi connectivity index (χ0n) is 9.28. The van der Waals surface area contributed by atoms with E-state index in [-0.39, 0.29) is 10.8 Å².